The highest BCUT2D eigenvalue weighted by molar-refractivity contribution is 7.10. The Hall–Kier alpha value is -2.40. The van der Waals surface area contributed by atoms with Gasteiger partial charge in [0.15, 0.2) is 11.5 Å². The van der Waals surface area contributed by atoms with E-state index in [4.69, 9.17) is 4.52 Å². The van der Waals surface area contributed by atoms with Crippen molar-refractivity contribution in [2.45, 2.75) is 25.2 Å². The number of amides is 1. The monoisotopic (exact) mass is 350 g/mol. The number of carbonyl (C=O) groups excluding carboxylic acids is 1. The number of hydrogen-bond donors (Lipinski definition) is 0. The summed E-state index contributed by atoms with van der Waals surface area (Å²) < 4.78 is 5.57. The van der Waals surface area contributed by atoms with Crippen LogP contribution in [0.5, 0.6) is 0 Å². The van der Waals surface area contributed by atoms with Gasteiger partial charge in [0.05, 0.1) is 0 Å². The maximum absolute atomic E-state index is 13.0. The van der Waals surface area contributed by atoms with E-state index in [0.29, 0.717) is 11.6 Å². The quantitative estimate of drug-likeness (QED) is 0.698. The van der Waals surface area contributed by atoms with E-state index in [0.717, 1.165) is 49.2 Å². The van der Waals surface area contributed by atoms with Crippen molar-refractivity contribution in [3.63, 3.8) is 0 Å². The number of carbonyl (C=O) groups is 1. The Balaban J connectivity index is 1.40. The van der Waals surface area contributed by atoms with Crippen molar-refractivity contribution in [3.05, 3.63) is 63.5 Å². The third-order valence-electron chi connectivity index (χ3n) is 5.33. The number of nitrogens with zero attached hydrogens (tertiary/aromatic N) is 2. The highest BCUT2D eigenvalue weighted by Gasteiger charge is 2.33. The summed E-state index contributed by atoms with van der Waals surface area (Å²) in [7, 11) is 0. The van der Waals surface area contributed by atoms with Crippen LogP contribution in [0.15, 0.2) is 46.3 Å². The van der Waals surface area contributed by atoms with E-state index in [1.54, 1.807) is 11.3 Å². The average molecular weight is 350 g/mol. The highest BCUT2D eigenvalue weighted by Crippen LogP contribution is 2.38. The molecule has 3 aromatic rings. The summed E-state index contributed by atoms with van der Waals surface area (Å²) in [5.41, 5.74) is 3.92. The summed E-state index contributed by atoms with van der Waals surface area (Å²) in [6.07, 6.45) is 2.81. The summed E-state index contributed by atoms with van der Waals surface area (Å²) in [5, 5.41) is 6.24. The topological polar surface area (TPSA) is 46.3 Å². The minimum atomic E-state index is 0.0158. The first-order chi connectivity index (χ1) is 12.3. The molecule has 1 atom stereocenters. The lowest BCUT2D eigenvalue weighted by Crippen LogP contribution is -2.29. The number of rotatable bonds is 2. The summed E-state index contributed by atoms with van der Waals surface area (Å²) in [6, 6.07) is 12.5. The molecule has 0 N–H and O–H groups in total. The first-order valence-electron chi connectivity index (χ1n) is 8.71. The number of fused-ring (bicyclic) bond motifs is 3. The van der Waals surface area contributed by atoms with Gasteiger partial charge >= 0.3 is 0 Å². The zero-order valence-electron chi connectivity index (χ0n) is 13.8. The molecular weight excluding hydrogens is 332 g/mol. The molecule has 0 radical (unpaired) electrons. The van der Waals surface area contributed by atoms with Crippen LogP contribution < -0.4 is 0 Å². The number of thiophene rings is 1. The van der Waals surface area contributed by atoms with Crippen molar-refractivity contribution in [1.29, 1.82) is 0 Å². The van der Waals surface area contributed by atoms with Gasteiger partial charge in [0, 0.05) is 35.0 Å². The lowest BCUT2D eigenvalue weighted by Gasteiger charge is -2.17. The SMILES string of the molecule is O=C(c1noc2c1CCc1sccc1-2)N1CC[C@@H](c2ccccc2)C1. The Morgan fingerprint density at radius 3 is 2.96 bits per heavy atom. The number of hydrogen-bond acceptors (Lipinski definition) is 4. The number of likely N-dealkylation sites (tertiary alicyclic amines) is 1. The first-order valence-corrected chi connectivity index (χ1v) is 9.58. The molecule has 1 aromatic carbocycles. The van der Waals surface area contributed by atoms with Crippen molar-refractivity contribution in [1.82, 2.24) is 10.1 Å². The van der Waals surface area contributed by atoms with Gasteiger partial charge in [-0.25, -0.2) is 0 Å². The molecule has 2 aliphatic rings. The van der Waals surface area contributed by atoms with Crippen LogP contribution in [0.4, 0.5) is 0 Å². The zero-order chi connectivity index (χ0) is 16.8. The van der Waals surface area contributed by atoms with Crippen molar-refractivity contribution in [3.8, 4) is 11.3 Å². The van der Waals surface area contributed by atoms with Crippen molar-refractivity contribution in [2.75, 3.05) is 13.1 Å². The molecule has 1 saturated heterocycles. The van der Waals surface area contributed by atoms with Crippen LogP contribution in [0.25, 0.3) is 11.3 Å². The molecule has 0 bridgehead atoms. The zero-order valence-corrected chi connectivity index (χ0v) is 14.6. The van der Waals surface area contributed by atoms with E-state index in [1.165, 1.54) is 10.4 Å². The van der Waals surface area contributed by atoms with Crippen LogP contribution in [0.1, 0.15) is 38.8 Å². The Kier molecular flexibility index (Phi) is 3.48. The molecule has 1 aliphatic carbocycles. The van der Waals surface area contributed by atoms with Gasteiger partial charge in [-0.1, -0.05) is 35.5 Å². The van der Waals surface area contributed by atoms with Crippen molar-refractivity contribution in [2.24, 2.45) is 0 Å². The summed E-state index contributed by atoms with van der Waals surface area (Å²) in [5.74, 6) is 1.23. The number of aromatic nitrogens is 1. The maximum atomic E-state index is 13.0. The van der Waals surface area contributed by atoms with Crippen LogP contribution in [0.3, 0.4) is 0 Å². The predicted octanol–water partition coefficient (Wildman–Crippen LogP) is 4.13. The summed E-state index contributed by atoms with van der Waals surface area (Å²) >= 11 is 1.75. The van der Waals surface area contributed by atoms with E-state index in [9.17, 15) is 4.79 Å². The van der Waals surface area contributed by atoms with Crippen LogP contribution in [-0.2, 0) is 12.8 Å². The van der Waals surface area contributed by atoms with Gasteiger partial charge in [-0.15, -0.1) is 11.3 Å². The van der Waals surface area contributed by atoms with E-state index >= 15 is 0 Å². The number of aryl methyl sites for hydroxylation is 1. The second-order valence-electron chi connectivity index (χ2n) is 6.74. The lowest BCUT2D eigenvalue weighted by atomic mass is 9.95. The average Bonchev–Trinajstić information content (AvgIpc) is 3.39. The van der Waals surface area contributed by atoms with Gasteiger partial charge in [0.1, 0.15) is 0 Å². The summed E-state index contributed by atoms with van der Waals surface area (Å²) in [6.45, 7) is 1.54. The third-order valence-corrected chi connectivity index (χ3v) is 6.31. The molecule has 0 unspecified atom stereocenters. The molecule has 5 heteroatoms. The molecule has 1 amide bonds. The molecule has 1 aliphatic heterocycles. The smallest absolute Gasteiger partial charge is 0.276 e. The fraction of sp³-hybridized carbons (Fsp3) is 0.300. The minimum Gasteiger partial charge on any atom is -0.355 e. The van der Waals surface area contributed by atoms with Crippen LogP contribution >= 0.6 is 11.3 Å². The van der Waals surface area contributed by atoms with Gasteiger partial charge in [0.25, 0.3) is 5.91 Å². The lowest BCUT2D eigenvalue weighted by molar-refractivity contribution is 0.0779. The van der Waals surface area contributed by atoms with E-state index < -0.39 is 0 Å². The Morgan fingerprint density at radius 2 is 2.08 bits per heavy atom. The Morgan fingerprint density at radius 1 is 1.20 bits per heavy atom. The molecule has 25 heavy (non-hydrogen) atoms. The van der Waals surface area contributed by atoms with Gasteiger partial charge in [-0.2, -0.15) is 0 Å². The molecular formula is C20H18N2O2S. The molecule has 126 valence electrons. The molecule has 5 rings (SSSR count). The number of benzene rings is 1. The standard InChI is InChI=1S/C20H18N2O2S/c23-20(22-10-8-14(12-22)13-4-2-1-3-5-13)18-16-6-7-17-15(9-11-25-17)19(16)24-21-18/h1-5,9,11,14H,6-8,10,12H2/t14-/m1/s1. The Labute approximate surface area is 150 Å². The van der Waals surface area contributed by atoms with Gasteiger partial charge in [0.2, 0.25) is 0 Å². The van der Waals surface area contributed by atoms with Gasteiger partial charge in [-0.05, 0) is 36.3 Å². The maximum Gasteiger partial charge on any atom is 0.276 e. The highest BCUT2D eigenvalue weighted by atomic mass is 32.1. The van der Waals surface area contributed by atoms with E-state index in [2.05, 4.69) is 40.9 Å². The Bertz CT molecular complexity index is 928. The summed E-state index contributed by atoms with van der Waals surface area (Å²) in [4.78, 5) is 16.3. The fourth-order valence-corrected chi connectivity index (χ4v) is 4.86. The molecule has 0 spiro atoms. The van der Waals surface area contributed by atoms with Crippen LogP contribution in [0, 0.1) is 0 Å². The third kappa shape index (κ3) is 2.42. The van der Waals surface area contributed by atoms with Crippen LogP contribution in [-0.4, -0.2) is 29.1 Å². The van der Waals surface area contributed by atoms with Gasteiger partial charge < -0.3 is 9.42 Å². The van der Waals surface area contributed by atoms with E-state index in [1.807, 2.05) is 11.0 Å². The van der Waals surface area contributed by atoms with Crippen LogP contribution in [0.2, 0.25) is 0 Å². The fourth-order valence-electron chi connectivity index (χ4n) is 3.99. The minimum absolute atomic E-state index is 0.0158. The second kappa shape index (κ2) is 5.85. The molecule has 3 heterocycles. The molecule has 0 saturated carbocycles. The normalized spacial score (nSPS) is 18.9. The molecule has 1 fully saturated rings. The molecule has 4 nitrogen and oxygen atoms in total. The predicted molar refractivity (Wildman–Crippen MR) is 96.9 cm³/mol. The second-order valence-corrected chi connectivity index (χ2v) is 7.74. The van der Waals surface area contributed by atoms with Crippen molar-refractivity contribution < 1.29 is 9.32 Å². The first kappa shape index (κ1) is 14.9. The van der Waals surface area contributed by atoms with Crippen molar-refractivity contribution >= 4 is 17.2 Å². The van der Waals surface area contributed by atoms with Gasteiger partial charge in [-0.3, -0.25) is 4.79 Å². The largest absolute Gasteiger partial charge is 0.355 e. The van der Waals surface area contributed by atoms with E-state index in [-0.39, 0.29) is 5.91 Å². The molecule has 2 aromatic heterocycles.